The summed E-state index contributed by atoms with van der Waals surface area (Å²) >= 11 is 0. The van der Waals surface area contributed by atoms with Crippen molar-refractivity contribution in [1.29, 1.82) is 0 Å². The Labute approximate surface area is 194 Å². The van der Waals surface area contributed by atoms with E-state index in [4.69, 9.17) is 4.74 Å². The summed E-state index contributed by atoms with van der Waals surface area (Å²) < 4.78 is 6.27. The number of para-hydroxylation sites is 2. The lowest BCUT2D eigenvalue weighted by atomic mass is 9.82. The zero-order chi connectivity index (χ0) is 22.4. The van der Waals surface area contributed by atoms with Crippen molar-refractivity contribution in [2.75, 3.05) is 0 Å². The van der Waals surface area contributed by atoms with Crippen LogP contribution in [0.2, 0.25) is 0 Å². The first kappa shape index (κ1) is 20.2. The molecule has 0 amide bonds. The van der Waals surface area contributed by atoms with Crippen LogP contribution < -0.4 is 4.74 Å². The summed E-state index contributed by atoms with van der Waals surface area (Å²) in [6.45, 7) is 4.40. The van der Waals surface area contributed by atoms with Crippen molar-refractivity contribution >= 4 is 21.8 Å². The Kier molecular flexibility index (Phi) is 4.98. The number of H-pyrrole nitrogens is 2. The fourth-order valence-electron chi connectivity index (χ4n) is 5.76. The van der Waals surface area contributed by atoms with Gasteiger partial charge in [0.2, 0.25) is 0 Å². The highest BCUT2D eigenvalue weighted by Gasteiger charge is 2.27. The second-order valence-corrected chi connectivity index (χ2v) is 9.44. The van der Waals surface area contributed by atoms with E-state index < -0.39 is 0 Å². The predicted molar refractivity (Wildman–Crippen MR) is 136 cm³/mol. The Morgan fingerprint density at radius 2 is 1.21 bits per heavy atom. The maximum atomic E-state index is 6.27. The van der Waals surface area contributed by atoms with E-state index >= 15 is 0 Å². The lowest BCUT2D eigenvalue weighted by molar-refractivity contribution is 0.210. The first-order chi connectivity index (χ1) is 16.2. The molecule has 0 radical (unpaired) electrons. The number of rotatable bonds is 5. The van der Waals surface area contributed by atoms with Gasteiger partial charge >= 0.3 is 0 Å². The van der Waals surface area contributed by atoms with Gasteiger partial charge in [0.05, 0.1) is 6.10 Å². The van der Waals surface area contributed by atoms with E-state index in [1.807, 2.05) is 0 Å². The fraction of sp³-hybridized carbons (Fsp3) is 0.267. The van der Waals surface area contributed by atoms with Gasteiger partial charge in [-0.1, -0.05) is 48.5 Å². The van der Waals surface area contributed by atoms with Gasteiger partial charge in [-0.05, 0) is 80.5 Å². The minimum atomic E-state index is 0.123. The Hall–Kier alpha value is -3.46. The lowest BCUT2D eigenvalue weighted by Crippen LogP contribution is -2.11. The molecule has 0 spiro atoms. The molecule has 3 nitrogen and oxygen atoms in total. The van der Waals surface area contributed by atoms with Crippen LogP contribution in [0.5, 0.6) is 5.75 Å². The summed E-state index contributed by atoms with van der Waals surface area (Å²) in [7, 11) is 0. The molecule has 0 unspecified atom stereocenters. The second-order valence-electron chi connectivity index (χ2n) is 9.44. The first-order valence-corrected chi connectivity index (χ1v) is 12.1. The third kappa shape index (κ3) is 3.52. The van der Waals surface area contributed by atoms with Gasteiger partial charge in [0.15, 0.2) is 0 Å². The van der Waals surface area contributed by atoms with Crippen LogP contribution in [0, 0.1) is 13.8 Å². The third-order valence-corrected chi connectivity index (χ3v) is 7.28. The number of ether oxygens (including phenoxy) is 1. The van der Waals surface area contributed by atoms with E-state index in [2.05, 4.69) is 96.6 Å². The molecule has 166 valence electrons. The Morgan fingerprint density at radius 3 is 1.76 bits per heavy atom. The lowest BCUT2D eigenvalue weighted by Gasteiger charge is -2.21. The predicted octanol–water partition coefficient (Wildman–Crippen LogP) is 7.77. The van der Waals surface area contributed by atoms with E-state index in [1.165, 1.54) is 75.6 Å². The standard InChI is InChI=1S/C30H30N2O/c1-19-28(24-11-5-7-13-26(24)31-19)30(29-20(2)32-27-14-8-6-12-25(27)29)21-15-17-23(18-16-21)33-22-9-3-4-10-22/h5-8,11-18,22,30-32H,3-4,9-10H2,1-2H3. The molecule has 2 heterocycles. The Morgan fingerprint density at radius 1 is 0.697 bits per heavy atom. The molecule has 3 aromatic carbocycles. The van der Waals surface area contributed by atoms with Gasteiger partial charge in [0.25, 0.3) is 0 Å². The van der Waals surface area contributed by atoms with Gasteiger partial charge in [-0.25, -0.2) is 0 Å². The molecule has 0 bridgehead atoms. The van der Waals surface area contributed by atoms with Gasteiger partial charge in [-0.3, -0.25) is 0 Å². The van der Waals surface area contributed by atoms with E-state index in [1.54, 1.807) is 0 Å². The van der Waals surface area contributed by atoms with Gasteiger partial charge in [-0.15, -0.1) is 0 Å². The van der Waals surface area contributed by atoms with Crippen molar-refractivity contribution in [3.8, 4) is 5.75 Å². The SMILES string of the molecule is Cc1[nH]c2ccccc2c1C(c1ccc(OC2CCCC2)cc1)c1c(C)[nH]c2ccccc12. The summed E-state index contributed by atoms with van der Waals surface area (Å²) in [6, 6.07) is 26.1. The molecule has 6 rings (SSSR count). The molecule has 0 saturated heterocycles. The quantitative estimate of drug-likeness (QED) is 0.291. The largest absolute Gasteiger partial charge is 0.490 e. The average Bonchev–Trinajstić information content (AvgIpc) is 3.53. The monoisotopic (exact) mass is 434 g/mol. The average molecular weight is 435 g/mol. The number of aromatic amines is 2. The molecule has 2 N–H and O–H groups in total. The van der Waals surface area contributed by atoms with E-state index in [0.29, 0.717) is 6.10 Å². The van der Waals surface area contributed by atoms with Gasteiger partial charge in [0.1, 0.15) is 5.75 Å². The molecule has 5 aromatic rings. The molecule has 3 heteroatoms. The molecular formula is C30H30N2O. The minimum Gasteiger partial charge on any atom is -0.490 e. The zero-order valence-electron chi connectivity index (χ0n) is 19.3. The summed E-state index contributed by atoms with van der Waals surface area (Å²) in [5, 5.41) is 2.58. The van der Waals surface area contributed by atoms with Crippen LogP contribution >= 0.6 is 0 Å². The molecule has 1 fully saturated rings. The Bertz CT molecular complexity index is 1340. The van der Waals surface area contributed by atoms with E-state index in [-0.39, 0.29) is 5.92 Å². The number of hydrogen-bond donors (Lipinski definition) is 2. The van der Waals surface area contributed by atoms with Gasteiger partial charge in [-0.2, -0.15) is 0 Å². The molecular weight excluding hydrogens is 404 g/mol. The minimum absolute atomic E-state index is 0.123. The summed E-state index contributed by atoms with van der Waals surface area (Å²) in [5.74, 6) is 1.11. The van der Waals surface area contributed by atoms with Crippen LogP contribution in [0.4, 0.5) is 0 Å². The Balaban J connectivity index is 1.52. The molecule has 0 atom stereocenters. The van der Waals surface area contributed by atoms with Crippen LogP contribution in [-0.2, 0) is 0 Å². The molecule has 1 aliphatic rings. The van der Waals surface area contributed by atoms with Gasteiger partial charge in [0, 0.05) is 39.1 Å². The van der Waals surface area contributed by atoms with Crippen LogP contribution in [0.15, 0.2) is 72.8 Å². The molecule has 1 aliphatic carbocycles. The van der Waals surface area contributed by atoms with Crippen molar-refractivity contribution in [1.82, 2.24) is 9.97 Å². The van der Waals surface area contributed by atoms with Crippen molar-refractivity contribution in [2.45, 2.75) is 51.6 Å². The summed E-state index contributed by atoms with van der Waals surface area (Å²) in [6.07, 6.45) is 5.29. The number of nitrogens with one attached hydrogen (secondary N) is 2. The number of benzene rings is 3. The molecule has 0 aliphatic heterocycles. The van der Waals surface area contributed by atoms with E-state index in [0.717, 1.165) is 5.75 Å². The normalized spacial score (nSPS) is 14.6. The maximum absolute atomic E-state index is 6.27. The van der Waals surface area contributed by atoms with Crippen LogP contribution in [0.3, 0.4) is 0 Å². The van der Waals surface area contributed by atoms with Crippen molar-refractivity contribution in [3.05, 3.63) is 101 Å². The highest BCUT2D eigenvalue weighted by atomic mass is 16.5. The van der Waals surface area contributed by atoms with Crippen LogP contribution in [-0.4, -0.2) is 16.1 Å². The second kappa shape index (κ2) is 8.15. The third-order valence-electron chi connectivity index (χ3n) is 7.28. The van der Waals surface area contributed by atoms with Crippen molar-refractivity contribution in [3.63, 3.8) is 0 Å². The van der Waals surface area contributed by atoms with Crippen LogP contribution in [0.1, 0.15) is 59.7 Å². The summed E-state index contributed by atoms with van der Waals surface area (Å²) in [5.41, 5.74) is 8.80. The maximum Gasteiger partial charge on any atom is 0.119 e. The van der Waals surface area contributed by atoms with Gasteiger partial charge < -0.3 is 14.7 Å². The van der Waals surface area contributed by atoms with Crippen molar-refractivity contribution in [2.24, 2.45) is 0 Å². The number of aromatic nitrogens is 2. The molecule has 2 aromatic heterocycles. The number of hydrogen-bond acceptors (Lipinski definition) is 1. The fourth-order valence-corrected chi connectivity index (χ4v) is 5.76. The first-order valence-electron chi connectivity index (χ1n) is 12.1. The zero-order valence-corrected chi connectivity index (χ0v) is 19.3. The number of aryl methyl sites for hydroxylation is 2. The molecule has 1 saturated carbocycles. The van der Waals surface area contributed by atoms with Crippen molar-refractivity contribution < 1.29 is 4.74 Å². The molecule has 33 heavy (non-hydrogen) atoms. The summed E-state index contributed by atoms with van der Waals surface area (Å²) in [4.78, 5) is 7.26. The highest BCUT2D eigenvalue weighted by Crippen LogP contribution is 2.43. The van der Waals surface area contributed by atoms with Crippen LogP contribution in [0.25, 0.3) is 21.8 Å². The number of fused-ring (bicyclic) bond motifs is 2. The van der Waals surface area contributed by atoms with E-state index in [9.17, 15) is 0 Å². The smallest absolute Gasteiger partial charge is 0.119 e. The topological polar surface area (TPSA) is 40.8 Å². The highest BCUT2D eigenvalue weighted by molar-refractivity contribution is 5.90.